The fourth-order valence-electron chi connectivity index (χ4n) is 1.70. The van der Waals surface area contributed by atoms with E-state index in [1.165, 1.54) is 18.5 Å². The van der Waals surface area contributed by atoms with Crippen molar-refractivity contribution in [2.75, 3.05) is 0 Å². The number of hydrogen-bond donors (Lipinski definition) is 0. The van der Waals surface area contributed by atoms with Gasteiger partial charge in [-0.2, -0.15) is 5.26 Å². The van der Waals surface area contributed by atoms with Gasteiger partial charge in [-0.3, -0.25) is 0 Å². The smallest absolute Gasteiger partial charge is 0.100 e. The lowest BCUT2D eigenvalue weighted by atomic mass is 10.2. The maximum Gasteiger partial charge on any atom is 0.100 e. The van der Waals surface area contributed by atoms with Gasteiger partial charge in [0, 0.05) is 12.0 Å². The Hall–Kier alpha value is -1.37. The maximum atomic E-state index is 8.67. The molecule has 4 nitrogen and oxygen atoms in total. The van der Waals surface area contributed by atoms with Crippen LogP contribution in [0.1, 0.15) is 50.0 Å². The first-order valence-electron chi connectivity index (χ1n) is 5.05. The second-order valence-electron chi connectivity index (χ2n) is 4.07. The van der Waals surface area contributed by atoms with Crippen molar-refractivity contribution in [3.63, 3.8) is 0 Å². The topological polar surface area (TPSA) is 54.5 Å². The first-order valence-corrected chi connectivity index (χ1v) is 5.05. The lowest BCUT2D eigenvalue weighted by Crippen LogP contribution is -2.07. The van der Waals surface area contributed by atoms with Crippen LogP contribution < -0.4 is 0 Å². The highest BCUT2D eigenvalue weighted by Gasteiger charge is 2.31. The van der Waals surface area contributed by atoms with Gasteiger partial charge in [0.15, 0.2) is 0 Å². The van der Waals surface area contributed by atoms with Gasteiger partial charge in [-0.05, 0) is 26.7 Å². The first kappa shape index (κ1) is 9.20. The van der Waals surface area contributed by atoms with Gasteiger partial charge in [0.1, 0.15) is 5.69 Å². The van der Waals surface area contributed by atoms with E-state index in [4.69, 9.17) is 5.26 Å². The molecular formula is C10H14N4. The minimum absolute atomic E-state index is 0.338. The molecular weight excluding hydrogens is 176 g/mol. The van der Waals surface area contributed by atoms with Crippen molar-refractivity contribution in [3.8, 4) is 6.07 Å². The van der Waals surface area contributed by atoms with Crippen molar-refractivity contribution in [2.24, 2.45) is 0 Å². The molecule has 2 rings (SSSR count). The van der Waals surface area contributed by atoms with Gasteiger partial charge in [-0.15, -0.1) is 5.10 Å². The van der Waals surface area contributed by atoms with Crippen LogP contribution in [0.4, 0.5) is 0 Å². The zero-order valence-electron chi connectivity index (χ0n) is 8.56. The molecule has 1 aromatic rings. The fraction of sp³-hybridized carbons (Fsp3) is 0.700. The van der Waals surface area contributed by atoms with Crippen molar-refractivity contribution < 1.29 is 0 Å². The minimum atomic E-state index is 0.338. The van der Waals surface area contributed by atoms with Crippen LogP contribution in [0.15, 0.2) is 0 Å². The normalized spacial score (nSPS) is 15.9. The van der Waals surface area contributed by atoms with Gasteiger partial charge < -0.3 is 0 Å². The molecule has 14 heavy (non-hydrogen) atoms. The van der Waals surface area contributed by atoms with E-state index in [9.17, 15) is 0 Å². The molecule has 0 radical (unpaired) electrons. The van der Waals surface area contributed by atoms with Crippen molar-refractivity contribution in [1.29, 1.82) is 5.26 Å². The largest absolute Gasteiger partial charge is 0.246 e. The molecule has 0 aliphatic heterocycles. The molecule has 1 saturated carbocycles. The number of nitriles is 1. The summed E-state index contributed by atoms with van der Waals surface area (Å²) in [6.07, 6.45) is 2.83. The van der Waals surface area contributed by atoms with Crippen LogP contribution in [-0.2, 0) is 6.42 Å². The standard InChI is InChI=1S/C10H14N4/c1-7(2)14-10(8-3-4-8)9(5-6-11)12-13-14/h7-8H,3-5H2,1-2H3. The van der Waals surface area contributed by atoms with Crippen molar-refractivity contribution in [3.05, 3.63) is 11.4 Å². The van der Waals surface area contributed by atoms with Gasteiger partial charge in [-0.25, -0.2) is 4.68 Å². The highest BCUT2D eigenvalue weighted by molar-refractivity contribution is 5.23. The van der Waals surface area contributed by atoms with Crippen LogP contribution in [0.25, 0.3) is 0 Å². The van der Waals surface area contributed by atoms with Gasteiger partial charge in [-0.1, -0.05) is 5.21 Å². The number of aromatic nitrogens is 3. The summed E-state index contributed by atoms with van der Waals surface area (Å²) in [7, 11) is 0. The fourth-order valence-corrected chi connectivity index (χ4v) is 1.70. The Morgan fingerprint density at radius 3 is 2.79 bits per heavy atom. The summed E-state index contributed by atoms with van der Waals surface area (Å²) in [6, 6.07) is 2.48. The average molecular weight is 190 g/mol. The third-order valence-corrected chi connectivity index (χ3v) is 2.50. The SMILES string of the molecule is CC(C)n1nnc(CC#N)c1C1CC1. The number of hydrogen-bond acceptors (Lipinski definition) is 3. The molecule has 1 fully saturated rings. The third kappa shape index (κ3) is 1.50. The van der Waals surface area contributed by atoms with E-state index in [1.54, 1.807) is 0 Å². The first-order chi connectivity index (χ1) is 6.74. The Labute approximate surface area is 83.5 Å². The molecule has 0 aromatic carbocycles. The predicted octanol–water partition coefficient (Wildman–Crippen LogP) is 1.80. The molecule has 0 saturated heterocycles. The molecule has 0 N–H and O–H groups in total. The lowest BCUT2D eigenvalue weighted by Gasteiger charge is -2.09. The van der Waals surface area contributed by atoms with Gasteiger partial charge >= 0.3 is 0 Å². The third-order valence-electron chi connectivity index (χ3n) is 2.50. The van der Waals surface area contributed by atoms with Crippen LogP contribution >= 0.6 is 0 Å². The molecule has 0 bridgehead atoms. The molecule has 1 heterocycles. The Morgan fingerprint density at radius 2 is 2.29 bits per heavy atom. The summed E-state index contributed by atoms with van der Waals surface area (Å²) in [6.45, 7) is 4.19. The summed E-state index contributed by atoms with van der Waals surface area (Å²) in [5, 5.41) is 16.9. The molecule has 4 heteroatoms. The van der Waals surface area contributed by atoms with Crippen LogP contribution in [0.3, 0.4) is 0 Å². The zero-order valence-corrected chi connectivity index (χ0v) is 8.56. The van der Waals surface area contributed by atoms with Crippen LogP contribution in [-0.4, -0.2) is 15.0 Å². The van der Waals surface area contributed by atoms with E-state index in [2.05, 4.69) is 30.2 Å². The predicted molar refractivity (Wildman–Crippen MR) is 51.7 cm³/mol. The van der Waals surface area contributed by atoms with E-state index in [-0.39, 0.29) is 0 Å². The Bertz CT molecular complexity index is 368. The summed E-state index contributed by atoms with van der Waals surface area (Å²) in [5.74, 6) is 0.607. The van der Waals surface area contributed by atoms with Crippen molar-refractivity contribution in [2.45, 2.75) is 45.1 Å². The van der Waals surface area contributed by atoms with E-state index >= 15 is 0 Å². The van der Waals surface area contributed by atoms with Crippen molar-refractivity contribution in [1.82, 2.24) is 15.0 Å². The molecule has 1 aliphatic carbocycles. The average Bonchev–Trinajstić information content (AvgIpc) is 2.88. The summed E-state index contributed by atoms with van der Waals surface area (Å²) in [5.41, 5.74) is 2.07. The second kappa shape index (κ2) is 3.41. The summed E-state index contributed by atoms with van der Waals surface area (Å²) in [4.78, 5) is 0. The molecule has 1 aliphatic rings. The Kier molecular flexibility index (Phi) is 2.24. The van der Waals surface area contributed by atoms with Gasteiger partial charge in [0.05, 0.1) is 18.2 Å². The second-order valence-corrected chi connectivity index (χ2v) is 4.07. The molecule has 0 amide bonds. The lowest BCUT2D eigenvalue weighted by molar-refractivity contribution is 0.494. The number of nitrogens with zero attached hydrogens (tertiary/aromatic N) is 4. The van der Waals surface area contributed by atoms with E-state index in [0.717, 1.165) is 5.69 Å². The highest BCUT2D eigenvalue weighted by Crippen LogP contribution is 2.41. The highest BCUT2D eigenvalue weighted by atomic mass is 15.4. The molecule has 1 aromatic heterocycles. The van der Waals surface area contributed by atoms with Gasteiger partial charge in [0.25, 0.3) is 0 Å². The quantitative estimate of drug-likeness (QED) is 0.730. The van der Waals surface area contributed by atoms with Gasteiger partial charge in [0.2, 0.25) is 0 Å². The Balaban J connectivity index is 2.37. The van der Waals surface area contributed by atoms with E-state index < -0.39 is 0 Å². The summed E-state index contributed by atoms with van der Waals surface area (Å²) >= 11 is 0. The van der Waals surface area contributed by atoms with E-state index in [0.29, 0.717) is 18.4 Å². The van der Waals surface area contributed by atoms with E-state index in [1.807, 2.05) is 4.68 Å². The van der Waals surface area contributed by atoms with Crippen molar-refractivity contribution >= 4 is 0 Å². The number of rotatable bonds is 3. The molecule has 0 atom stereocenters. The minimum Gasteiger partial charge on any atom is -0.246 e. The maximum absolute atomic E-state index is 8.67. The molecule has 0 unspecified atom stereocenters. The monoisotopic (exact) mass is 190 g/mol. The zero-order chi connectivity index (χ0) is 10.1. The van der Waals surface area contributed by atoms with Crippen LogP contribution in [0.2, 0.25) is 0 Å². The summed E-state index contributed by atoms with van der Waals surface area (Å²) < 4.78 is 1.96. The Morgan fingerprint density at radius 1 is 1.57 bits per heavy atom. The molecule has 0 spiro atoms. The van der Waals surface area contributed by atoms with Crippen LogP contribution in [0.5, 0.6) is 0 Å². The van der Waals surface area contributed by atoms with Crippen LogP contribution in [0, 0.1) is 11.3 Å². The molecule has 74 valence electrons.